The van der Waals surface area contributed by atoms with E-state index in [4.69, 9.17) is 9.47 Å². The number of benzene rings is 1. The lowest BCUT2D eigenvalue weighted by atomic mass is 9.69. The molecule has 0 amide bonds. The van der Waals surface area contributed by atoms with Crippen molar-refractivity contribution in [3.05, 3.63) is 35.9 Å². The molecule has 0 bridgehead atoms. The van der Waals surface area contributed by atoms with Crippen LogP contribution in [0.4, 0.5) is 0 Å². The summed E-state index contributed by atoms with van der Waals surface area (Å²) in [4.78, 5) is 15.5. The molecule has 1 aromatic carbocycles. The molecule has 5 heteroatoms. The molecular weight excluding hydrogens is 374 g/mol. The second kappa shape index (κ2) is 12.5. The Bertz CT molecular complexity index is 554. The van der Waals surface area contributed by atoms with E-state index in [0.29, 0.717) is 6.61 Å². The Morgan fingerprint density at radius 1 is 0.964 bits per heavy atom. The number of carbonyl (C=O) groups excluding carboxylic acids is 1. The fourth-order valence-corrected chi connectivity index (χ4v) is 4.44. The Kier molecular flexibility index (Phi) is 10.3. The maximum atomic E-state index is 13.0. The van der Waals surface area contributed by atoms with Crippen LogP contribution >= 0.6 is 12.4 Å². The number of hydrogen-bond donors (Lipinski definition) is 0. The van der Waals surface area contributed by atoms with E-state index in [2.05, 4.69) is 17.0 Å². The summed E-state index contributed by atoms with van der Waals surface area (Å²) in [7, 11) is 0. The lowest BCUT2D eigenvalue weighted by molar-refractivity contribution is -0.152. The third-order valence-electron chi connectivity index (χ3n) is 6.13. The number of nitrogens with zero attached hydrogens (tertiary/aromatic N) is 1. The van der Waals surface area contributed by atoms with Gasteiger partial charge in [0.15, 0.2) is 0 Å². The second-order valence-corrected chi connectivity index (χ2v) is 8.01. The fourth-order valence-electron chi connectivity index (χ4n) is 4.44. The Balaban J connectivity index is 0.00000280. The van der Waals surface area contributed by atoms with E-state index >= 15 is 0 Å². The van der Waals surface area contributed by atoms with Gasteiger partial charge in [0.2, 0.25) is 0 Å². The molecule has 1 aliphatic heterocycles. The summed E-state index contributed by atoms with van der Waals surface area (Å²) in [6.45, 7) is 5.61. The molecule has 0 radical (unpaired) electrons. The van der Waals surface area contributed by atoms with Crippen LogP contribution in [0, 0.1) is 0 Å². The summed E-state index contributed by atoms with van der Waals surface area (Å²) >= 11 is 0. The van der Waals surface area contributed by atoms with Crippen molar-refractivity contribution < 1.29 is 14.3 Å². The number of hydrogen-bond acceptors (Lipinski definition) is 4. The Morgan fingerprint density at radius 3 is 2.36 bits per heavy atom. The van der Waals surface area contributed by atoms with Crippen LogP contribution in [0.1, 0.15) is 63.4 Å². The van der Waals surface area contributed by atoms with Crippen LogP contribution in [0.25, 0.3) is 0 Å². The maximum Gasteiger partial charge on any atom is 0.316 e. The Hall–Kier alpha value is -1.10. The first-order chi connectivity index (χ1) is 13.3. The van der Waals surface area contributed by atoms with Crippen LogP contribution in [-0.4, -0.2) is 50.3 Å². The zero-order valence-corrected chi connectivity index (χ0v) is 17.9. The molecule has 0 spiro atoms. The molecule has 0 unspecified atom stereocenters. The molecule has 1 aliphatic carbocycles. The molecular formula is C23H36ClNO3. The van der Waals surface area contributed by atoms with Gasteiger partial charge in [0.25, 0.3) is 0 Å². The number of ether oxygens (including phenoxy) is 2. The summed E-state index contributed by atoms with van der Waals surface area (Å²) < 4.78 is 11.2. The zero-order valence-electron chi connectivity index (χ0n) is 17.1. The Morgan fingerprint density at radius 2 is 1.64 bits per heavy atom. The van der Waals surface area contributed by atoms with Crippen LogP contribution < -0.4 is 0 Å². The van der Waals surface area contributed by atoms with Gasteiger partial charge >= 0.3 is 5.97 Å². The minimum Gasteiger partial charge on any atom is -0.465 e. The van der Waals surface area contributed by atoms with Gasteiger partial charge in [-0.3, -0.25) is 9.69 Å². The summed E-state index contributed by atoms with van der Waals surface area (Å²) in [5.41, 5.74) is 0.732. The van der Waals surface area contributed by atoms with Crippen molar-refractivity contribution in [2.24, 2.45) is 0 Å². The molecule has 4 nitrogen and oxygen atoms in total. The Labute approximate surface area is 176 Å². The molecule has 0 N–H and O–H groups in total. The second-order valence-electron chi connectivity index (χ2n) is 8.01. The van der Waals surface area contributed by atoms with Crippen LogP contribution in [0.3, 0.4) is 0 Å². The van der Waals surface area contributed by atoms with E-state index in [0.717, 1.165) is 70.4 Å². The normalized spacial score (nSPS) is 19.6. The lowest BCUT2D eigenvalue weighted by Crippen LogP contribution is -2.39. The number of rotatable bonds is 9. The van der Waals surface area contributed by atoms with Crippen molar-refractivity contribution in [1.82, 2.24) is 4.90 Å². The topological polar surface area (TPSA) is 38.8 Å². The largest absolute Gasteiger partial charge is 0.465 e. The fraction of sp³-hybridized carbons (Fsp3) is 0.696. The van der Waals surface area contributed by atoms with Gasteiger partial charge in [0.1, 0.15) is 0 Å². The van der Waals surface area contributed by atoms with Crippen molar-refractivity contribution in [3.8, 4) is 0 Å². The average molecular weight is 410 g/mol. The smallest absolute Gasteiger partial charge is 0.316 e. The van der Waals surface area contributed by atoms with Crippen LogP contribution in [0.15, 0.2) is 30.3 Å². The van der Waals surface area contributed by atoms with Gasteiger partial charge in [-0.1, -0.05) is 62.4 Å². The monoisotopic (exact) mass is 409 g/mol. The number of unbranched alkanes of at least 4 members (excludes halogenated alkanes) is 3. The molecule has 1 heterocycles. The van der Waals surface area contributed by atoms with Crippen molar-refractivity contribution in [2.75, 3.05) is 39.5 Å². The highest BCUT2D eigenvalue weighted by molar-refractivity contribution is 5.85. The van der Waals surface area contributed by atoms with Gasteiger partial charge in [-0.25, -0.2) is 0 Å². The van der Waals surface area contributed by atoms with E-state index in [9.17, 15) is 4.79 Å². The van der Waals surface area contributed by atoms with Crippen molar-refractivity contribution in [2.45, 2.75) is 63.2 Å². The number of morpholine rings is 1. The molecule has 1 aromatic rings. The number of halogens is 1. The summed E-state index contributed by atoms with van der Waals surface area (Å²) in [5.74, 6) is 0.00159. The molecule has 3 rings (SSSR count). The summed E-state index contributed by atoms with van der Waals surface area (Å²) in [5, 5.41) is 0. The van der Waals surface area contributed by atoms with Crippen molar-refractivity contribution in [1.29, 1.82) is 0 Å². The molecule has 2 fully saturated rings. The average Bonchev–Trinajstić information content (AvgIpc) is 2.74. The van der Waals surface area contributed by atoms with E-state index in [1.54, 1.807) is 0 Å². The zero-order chi connectivity index (χ0) is 18.8. The van der Waals surface area contributed by atoms with Gasteiger partial charge in [-0.2, -0.15) is 0 Å². The third kappa shape index (κ3) is 6.47. The highest BCUT2D eigenvalue weighted by Crippen LogP contribution is 2.40. The van der Waals surface area contributed by atoms with Crippen molar-refractivity contribution in [3.63, 3.8) is 0 Å². The highest BCUT2D eigenvalue weighted by atomic mass is 35.5. The minimum absolute atomic E-state index is 0. The minimum atomic E-state index is -0.407. The molecule has 0 aromatic heterocycles. The lowest BCUT2D eigenvalue weighted by Gasteiger charge is -2.35. The van der Waals surface area contributed by atoms with E-state index in [1.807, 2.05) is 18.2 Å². The van der Waals surface area contributed by atoms with Crippen LogP contribution in [0.2, 0.25) is 0 Å². The first kappa shape index (κ1) is 23.2. The van der Waals surface area contributed by atoms with E-state index in [-0.39, 0.29) is 18.4 Å². The molecule has 1 saturated carbocycles. The number of carbonyl (C=O) groups is 1. The molecule has 158 valence electrons. The first-order valence-corrected chi connectivity index (χ1v) is 10.8. The molecule has 1 saturated heterocycles. The van der Waals surface area contributed by atoms with Crippen LogP contribution in [-0.2, 0) is 19.7 Å². The third-order valence-corrected chi connectivity index (χ3v) is 6.13. The predicted octanol–water partition coefficient (Wildman–Crippen LogP) is 4.75. The number of esters is 1. The summed E-state index contributed by atoms with van der Waals surface area (Å²) in [6.07, 6.45) is 9.85. The first-order valence-electron chi connectivity index (χ1n) is 10.8. The quantitative estimate of drug-likeness (QED) is 0.436. The van der Waals surface area contributed by atoms with Crippen LogP contribution in [0.5, 0.6) is 0 Å². The van der Waals surface area contributed by atoms with Gasteiger partial charge in [0.05, 0.1) is 25.2 Å². The SMILES string of the molecule is Cl.O=C(OCCCCCCN1CCOCC1)C1(c2ccccc2)CCCCC1. The van der Waals surface area contributed by atoms with Gasteiger partial charge in [-0.05, 0) is 37.8 Å². The van der Waals surface area contributed by atoms with Crippen molar-refractivity contribution >= 4 is 18.4 Å². The summed E-state index contributed by atoms with van der Waals surface area (Å²) in [6, 6.07) is 10.3. The van der Waals surface area contributed by atoms with Gasteiger partial charge in [0, 0.05) is 13.1 Å². The van der Waals surface area contributed by atoms with E-state index in [1.165, 1.54) is 25.8 Å². The highest BCUT2D eigenvalue weighted by Gasteiger charge is 2.42. The standard InChI is InChI=1S/C23H35NO3.ClH/c25-22(23(13-7-4-8-14-23)21-11-5-3-6-12-21)27-18-10-2-1-9-15-24-16-19-26-20-17-24;/h3,5-6,11-12H,1-2,4,7-10,13-20H2;1H. The maximum absolute atomic E-state index is 13.0. The van der Waals surface area contributed by atoms with E-state index < -0.39 is 5.41 Å². The van der Waals surface area contributed by atoms with Gasteiger partial charge < -0.3 is 9.47 Å². The molecule has 2 aliphatic rings. The molecule has 0 atom stereocenters. The molecule has 28 heavy (non-hydrogen) atoms. The van der Waals surface area contributed by atoms with Gasteiger partial charge in [-0.15, -0.1) is 12.4 Å². The predicted molar refractivity (Wildman–Crippen MR) is 115 cm³/mol.